The van der Waals surface area contributed by atoms with Crippen LogP contribution in [0, 0.1) is 12.7 Å². The quantitative estimate of drug-likeness (QED) is 0.288. The topological polar surface area (TPSA) is 63.5 Å². The summed E-state index contributed by atoms with van der Waals surface area (Å²) in [4.78, 5) is 8.26. The van der Waals surface area contributed by atoms with Crippen molar-refractivity contribution in [2.24, 2.45) is 4.99 Å². The summed E-state index contributed by atoms with van der Waals surface area (Å²) in [6, 6.07) is 5.18. The molecule has 2 aromatic rings. The summed E-state index contributed by atoms with van der Waals surface area (Å²) in [6.45, 7) is 3.79. The highest BCUT2D eigenvalue weighted by atomic mass is 127. The second kappa shape index (κ2) is 11.0. The molecule has 2 rings (SSSR count). The van der Waals surface area contributed by atoms with E-state index in [9.17, 15) is 4.39 Å². The third kappa shape index (κ3) is 6.28. The first-order valence-corrected chi connectivity index (χ1v) is 7.88. The van der Waals surface area contributed by atoms with E-state index in [0.29, 0.717) is 24.8 Å². The molecule has 138 valence electrons. The third-order valence-corrected chi connectivity index (χ3v) is 3.60. The molecule has 0 aliphatic heterocycles. The first-order valence-electron chi connectivity index (χ1n) is 7.88. The zero-order chi connectivity index (χ0) is 17.4. The van der Waals surface area contributed by atoms with Crippen molar-refractivity contribution in [3.63, 3.8) is 0 Å². The van der Waals surface area contributed by atoms with E-state index in [0.717, 1.165) is 24.4 Å². The normalized spacial score (nSPS) is 11.1. The number of rotatable bonds is 7. The van der Waals surface area contributed by atoms with Gasteiger partial charge >= 0.3 is 0 Å². The highest BCUT2D eigenvalue weighted by molar-refractivity contribution is 14.0. The van der Waals surface area contributed by atoms with Crippen molar-refractivity contribution in [2.75, 3.05) is 27.3 Å². The van der Waals surface area contributed by atoms with Gasteiger partial charge in [-0.05, 0) is 31.0 Å². The molecule has 0 bridgehead atoms. The number of aryl methyl sites for hydroxylation is 1. The maximum atomic E-state index is 14.4. The summed E-state index contributed by atoms with van der Waals surface area (Å²) < 4.78 is 21.1. The summed E-state index contributed by atoms with van der Waals surface area (Å²) in [6.07, 6.45) is 4.30. The monoisotopic (exact) mass is 461 g/mol. The minimum atomic E-state index is -0.279. The van der Waals surface area contributed by atoms with E-state index in [1.54, 1.807) is 37.2 Å². The zero-order valence-corrected chi connectivity index (χ0v) is 17.1. The average molecular weight is 461 g/mol. The zero-order valence-electron chi connectivity index (χ0n) is 14.8. The Bertz CT molecular complexity index is 689. The van der Waals surface area contributed by atoms with Crippen LogP contribution in [0.5, 0.6) is 0 Å². The number of guanidine groups is 1. The van der Waals surface area contributed by atoms with Gasteiger partial charge in [-0.25, -0.2) is 9.37 Å². The molecule has 0 aliphatic carbocycles. The lowest BCUT2D eigenvalue weighted by Gasteiger charge is -2.13. The summed E-state index contributed by atoms with van der Waals surface area (Å²) in [7, 11) is 3.38. The van der Waals surface area contributed by atoms with Gasteiger partial charge in [0.05, 0.1) is 5.69 Å². The number of hydrogen-bond donors (Lipinski definition) is 2. The minimum Gasteiger partial charge on any atom is -0.385 e. The van der Waals surface area contributed by atoms with Gasteiger partial charge in [-0.2, -0.15) is 0 Å². The smallest absolute Gasteiger partial charge is 0.191 e. The number of imidazole rings is 1. The number of hydrogen-bond acceptors (Lipinski definition) is 3. The van der Waals surface area contributed by atoms with Gasteiger partial charge in [0.1, 0.15) is 11.6 Å². The molecule has 1 aromatic carbocycles. The van der Waals surface area contributed by atoms with Crippen molar-refractivity contribution in [1.29, 1.82) is 0 Å². The van der Waals surface area contributed by atoms with Gasteiger partial charge in [-0.1, -0.05) is 6.07 Å². The van der Waals surface area contributed by atoms with Crippen molar-refractivity contribution in [2.45, 2.75) is 19.9 Å². The van der Waals surface area contributed by atoms with E-state index in [1.165, 1.54) is 6.07 Å². The molecular weight excluding hydrogens is 436 g/mol. The van der Waals surface area contributed by atoms with Crippen LogP contribution < -0.4 is 10.6 Å². The van der Waals surface area contributed by atoms with E-state index >= 15 is 0 Å². The standard InChI is InChI=1S/C17H24FN5O.HI/c1-13-20-8-9-23(13)16-6-5-14(11-15(16)18)12-22-17(19-2)21-7-4-10-24-3;/h5-6,8-9,11H,4,7,10,12H2,1-3H3,(H2,19,21,22);1H. The molecule has 1 aromatic heterocycles. The largest absolute Gasteiger partial charge is 0.385 e. The van der Waals surface area contributed by atoms with Crippen LogP contribution in [0.25, 0.3) is 5.69 Å². The first kappa shape index (κ1) is 21.4. The van der Waals surface area contributed by atoms with Gasteiger partial charge in [0, 0.05) is 46.2 Å². The Labute approximate surface area is 164 Å². The fourth-order valence-electron chi connectivity index (χ4n) is 2.32. The van der Waals surface area contributed by atoms with Gasteiger partial charge in [-0.3, -0.25) is 4.99 Å². The summed E-state index contributed by atoms with van der Waals surface area (Å²) in [5, 5.41) is 6.35. The molecule has 0 saturated heterocycles. The Kier molecular flexibility index (Phi) is 9.43. The van der Waals surface area contributed by atoms with Crippen LogP contribution in [0.1, 0.15) is 17.8 Å². The van der Waals surface area contributed by atoms with Crippen LogP contribution >= 0.6 is 24.0 Å². The number of halogens is 2. The number of nitrogens with one attached hydrogen (secondary N) is 2. The summed E-state index contributed by atoms with van der Waals surface area (Å²) >= 11 is 0. The second-order valence-electron chi connectivity index (χ2n) is 5.33. The predicted molar refractivity (Wildman–Crippen MR) is 108 cm³/mol. The molecule has 0 spiro atoms. The van der Waals surface area contributed by atoms with Crippen LogP contribution in [0.2, 0.25) is 0 Å². The second-order valence-corrected chi connectivity index (χ2v) is 5.33. The molecule has 0 radical (unpaired) electrons. The molecule has 6 nitrogen and oxygen atoms in total. The van der Waals surface area contributed by atoms with Gasteiger partial charge in [-0.15, -0.1) is 24.0 Å². The van der Waals surface area contributed by atoms with Crippen molar-refractivity contribution in [1.82, 2.24) is 20.2 Å². The van der Waals surface area contributed by atoms with E-state index in [-0.39, 0.29) is 29.8 Å². The number of aliphatic imine (C=N–C) groups is 1. The number of aromatic nitrogens is 2. The molecule has 1 heterocycles. The molecule has 0 unspecified atom stereocenters. The molecule has 0 fully saturated rings. The number of benzene rings is 1. The first-order chi connectivity index (χ1) is 11.7. The maximum Gasteiger partial charge on any atom is 0.191 e. The molecule has 0 aliphatic rings. The lowest BCUT2D eigenvalue weighted by Crippen LogP contribution is -2.37. The van der Waals surface area contributed by atoms with E-state index in [2.05, 4.69) is 20.6 Å². The SMILES string of the molecule is CN=C(NCCCOC)NCc1ccc(-n2ccnc2C)c(F)c1.I. The fourth-order valence-corrected chi connectivity index (χ4v) is 2.32. The van der Waals surface area contributed by atoms with Crippen LogP contribution in [0.15, 0.2) is 35.6 Å². The Morgan fingerprint density at radius 1 is 1.36 bits per heavy atom. The average Bonchev–Trinajstić information content (AvgIpc) is 3.00. The lowest BCUT2D eigenvalue weighted by atomic mass is 10.2. The minimum absolute atomic E-state index is 0. The fraction of sp³-hybridized carbons (Fsp3) is 0.412. The Morgan fingerprint density at radius 3 is 2.76 bits per heavy atom. The summed E-state index contributed by atoms with van der Waals surface area (Å²) in [5.41, 5.74) is 1.34. The molecule has 2 N–H and O–H groups in total. The molecule has 8 heteroatoms. The van der Waals surface area contributed by atoms with Gasteiger partial charge in [0.2, 0.25) is 0 Å². The highest BCUT2D eigenvalue weighted by Gasteiger charge is 2.08. The molecule has 25 heavy (non-hydrogen) atoms. The highest BCUT2D eigenvalue weighted by Crippen LogP contribution is 2.16. The molecule has 0 amide bonds. The summed E-state index contributed by atoms with van der Waals surface area (Å²) in [5.74, 6) is 1.15. The third-order valence-electron chi connectivity index (χ3n) is 3.60. The van der Waals surface area contributed by atoms with Crippen LogP contribution in [0.4, 0.5) is 4.39 Å². The van der Waals surface area contributed by atoms with Crippen molar-refractivity contribution in [3.05, 3.63) is 47.8 Å². The van der Waals surface area contributed by atoms with Crippen LogP contribution in [-0.4, -0.2) is 42.8 Å². The Balaban J connectivity index is 0.00000312. The Hall–Kier alpha value is -1.68. The van der Waals surface area contributed by atoms with Crippen LogP contribution in [0.3, 0.4) is 0 Å². The van der Waals surface area contributed by atoms with Crippen LogP contribution in [-0.2, 0) is 11.3 Å². The van der Waals surface area contributed by atoms with E-state index in [1.807, 2.05) is 13.0 Å². The van der Waals surface area contributed by atoms with E-state index < -0.39 is 0 Å². The Morgan fingerprint density at radius 2 is 2.16 bits per heavy atom. The van der Waals surface area contributed by atoms with Crippen molar-refractivity contribution >= 4 is 29.9 Å². The van der Waals surface area contributed by atoms with Gasteiger partial charge in [0.15, 0.2) is 5.96 Å². The van der Waals surface area contributed by atoms with Crippen molar-refractivity contribution in [3.8, 4) is 5.69 Å². The molecule has 0 atom stereocenters. The number of ether oxygens (including phenoxy) is 1. The number of methoxy groups -OCH3 is 1. The lowest BCUT2D eigenvalue weighted by molar-refractivity contribution is 0.195. The molecule has 0 saturated carbocycles. The maximum absolute atomic E-state index is 14.4. The van der Waals surface area contributed by atoms with E-state index in [4.69, 9.17) is 4.74 Å². The van der Waals surface area contributed by atoms with Crippen molar-refractivity contribution < 1.29 is 9.13 Å². The number of nitrogens with zero attached hydrogens (tertiary/aromatic N) is 3. The molecular formula is C17H25FIN5O. The predicted octanol–water partition coefficient (Wildman–Crippen LogP) is 2.64. The van der Waals surface area contributed by atoms with Gasteiger partial charge in [0.25, 0.3) is 0 Å². The van der Waals surface area contributed by atoms with Gasteiger partial charge < -0.3 is 19.9 Å².